The van der Waals surface area contributed by atoms with Gasteiger partial charge in [-0.1, -0.05) is 50.6 Å². The lowest BCUT2D eigenvalue weighted by atomic mass is 9.62. The van der Waals surface area contributed by atoms with Crippen LogP contribution in [0.5, 0.6) is 0 Å². The van der Waals surface area contributed by atoms with Gasteiger partial charge >= 0.3 is 0 Å². The molecule has 1 spiro atoms. The fourth-order valence-electron chi connectivity index (χ4n) is 6.72. The van der Waals surface area contributed by atoms with E-state index in [1.54, 1.807) is 7.05 Å². The first kappa shape index (κ1) is 24.7. The van der Waals surface area contributed by atoms with E-state index in [2.05, 4.69) is 17.6 Å². The summed E-state index contributed by atoms with van der Waals surface area (Å²) >= 11 is 0. The van der Waals surface area contributed by atoms with Crippen molar-refractivity contribution < 1.29 is 24.2 Å². The third-order valence-electron chi connectivity index (χ3n) is 8.33. The molecule has 0 aliphatic carbocycles. The maximum Gasteiger partial charge on any atom is 0.246 e. The van der Waals surface area contributed by atoms with Gasteiger partial charge in [-0.25, -0.2) is 0 Å². The number of ether oxygens (including phenoxy) is 1. The molecule has 8 atom stereocenters. The highest BCUT2D eigenvalue weighted by Gasteiger charge is 2.80. The van der Waals surface area contributed by atoms with Gasteiger partial charge in [0.05, 0.1) is 30.1 Å². The monoisotopic (exact) mass is 471 g/mol. The van der Waals surface area contributed by atoms with Crippen LogP contribution in [0.3, 0.4) is 0 Å². The van der Waals surface area contributed by atoms with Crippen molar-refractivity contribution in [2.45, 2.75) is 76.3 Å². The molecular weight excluding hydrogens is 434 g/mol. The SMILES string of the molecule is CCCC(C)NC(=O)C1N([C@H](CO)c2ccccc2)C(=O)[C@@H]2[C@@H](C(=O)NC)[C@]3(C)OC12CC3C. The standard InChI is InChI=1S/C26H37N3O5/c1-6-10-16(3)28-23(32)21-26-13-15(2)25(4,34-26)19(22(31)27-5)20(26)24(33)29(21)18(14-30)17-11-8-7-9-12-17/h7-9,11-12,15-16,18-21,30H,6,10,13-14H2,1-5H3,(H,27,31)(H,28,32)/t15?,16?,18-,19+,20+,21?,25-,26?/m1/s1. The first-order valence-electron chi connectivity index (χ1n) is 12.4. The van der Waals surface area contributed by atoms with Crippen molar-refractivity contribution in [3.8, 4) is 0 Å². The number of aliphatic hydroxyl groups is 1. The largest absolute Gasteiger partial charge is 0.394 e. The second kappa shape index (κ2) is 8.96. The van der Waals surface area contributed by atoms with Gasteiger partial charge in [-0.3, -0.25) is 14.4 Å². The number of hydrogen-bond donors (Lipinski definition) is 3. The molecule has 0 aromatic heterocycles. The Kier molecular flexibility index (Phi) is 6.50. The molecule has 186 valence electrons. The number of aliphatic hydroxyl groups excluding tert-OH is 1. The van der Waals surface area contributed by atoms with Crippen LogP contribution < -0.4 is 10.6 Å². The Morgan fingerprint density at radius 1 is 1.26 bits per heavy atom. The molecule has 1 aromatic carbocycles. The molecule has 3 heterocycles. The molecule has 3 amide bonds. The molecule has 0 saturated carbocycles. The topological polar surface area (TPSA) is 108 Å². The summed E-state index contributed by atoms with van der Waals surface area (Å²) in [5.74, 6) is -2.38. The van der Waals surface area contributed by atoms with Crippen molar-refractivity contribution in [3.63, 3.8) is 0 Å². The van der Waals surface area contributed by atoms with E-state index in [0.29, 0.717) is 6.42 Å². The van der Waals surface area contributed by atoms with Crippen LogP contribution in [0.1, 0.15) is 58.6 Å². The molecule has 4 rings (SSSR count). The summed E-state index contributed by atoms with van der Waals surface area (Å²) in [7, 11) is 1.56. The van der Waals surface area contributed by atoms with E-state index in [9.17, 15) is 19.5 Å². The van der Waals surface area contributed by atoms with E-state index in [1.165, 1.54) is 4.90 Å². The molecule has 34 heavy (non-hydrogen) atoms. The van der Waals surface area contributed by atoms with Crippen LogP contribution in [0.2, 0.25) is 0 Å². The van der Waals surface area contributed by atoms with E-state index in [0.717, 1.165) is 18.4 Å². The Morgan fingerprint density at radius 3 is 2.53 bits per heavy atom. The van der Waals surface area contributed by atoms with Gasteiger partial charge in [0.1, 0.15) is 11.6 Å². The van der Waals surface area contributed by atoms with E-state index >= 15 is 0 Å². The Morgan fingerprint density at radius 2 is 1.94 bits per heavy atom. The van der Waals surface area contributed by atoms with Crippen LogP contribution >= 0.6 is 0 Å². The quantitative estimate of drug-likeness (QED) is 0.536. The smallest absolute Gasteiger partial charge is 0.246 e. The maximum atomic E-state index is 14.1. The van der Waals surface area contributed by atoms with E-state index in [4.69, 9.17) is 4.74 Å². The lowest BCUT2D eigenvalue weighted by Crippen LogP contribution is -2.57. The molecule has 3 aliphatic rings. The average molecular weight is 472 g/mol. The Labute approximate surface area is 201 Å². The minimum absolute atomic E-state index is 0.0218. The van der Waals surface area contributed by atoms with Crippen LogP contribution in [0.15, 0.2) is 30.3 Å². The van der Waals surface area contributed by atoms with Gasteiger partial charge in [-0.05, 0) is 38.2 Å². The number of benzene rings is 1. The molecule has 3 fully saturated rings. The van der Waals surface area contributed by atoms with Gasteiger partial charge in [0, 0.05) is 13.1 Å². The number of fused-ring (bicyclic) bond motifs is 1. The van der Waals surface area contributed by atoms with Gasteiger partial charge in [-0.15, -0.1) is 0 Å². The highest BCUT2D eigenvalue weighted by molar-refractivity contribution is 5.99. The summed E-state index contributed by atoms with van der Waals surface area (Å²) in [6.45, 7) is 7.56. The molecule has 1 aromatic rings. The highest BCUT2D eigenvalue weighted by atomic mass is 16.5. The maximum absolute atomic E-state index is 14.1. The zero-order valence-corrected chi connectivity index (χ0v) is 20.7. The molecule has 0 radical (unpaired) electrons. The predicted molar refractivity (Wildman–Crippen MR) is 126 cm³/mol. The first-order chi connectivity index (χ1) is 16.2. The third-order valence-corrected chi connectivity index (χ3v) is 8.33. The van der Waals surface area contributed by atoms with Gasteiger partial charge in [-0.2, -0.15) is 0 Å². The number of carbonyl (C=O) groups is 3. The van der Waals surface area contributed by atoms with Crippen LogP contribution in [-0.2, 0) is 19.1 Å². The lowest BCUT2D eigenvalue weighted by molar-refractivity contribution is -0.151. The predicted octanol–water partition coefficient (Wildman–Crippen LogP) is 1.78. The molecule has 8 nitrogen and oxygen atoms in total. The molecule has 3 N–H and O–H groups in total. The van der Waals surface area contributed by atoms with E-state index in [-0.39, 0.29) is 36.3 Å². The number of carbonyl (C=O) groups excluding carboxylic acids is 3. The first-order valence-corrected chi connectivity index (χ1v) is 12.4. The van der Waals surface area contributed by atoms with E-state index < -0.39 is 35.1 Å². The van der Waals surface area contributed by atoms with Crippen molar-refractivity contribution in [1.82, 2.24) is 15.5 Å². The second-order valence-corrected chi connectivity index (χ2v) is 10.4. The minimum atomic E-state index is -1.12. The Balaban J connectivity index is 1.84. The van der Waals surface area contributed by atoms with Crippen LogP contribution in [-0.4, -0.2) is 64.7 Å². The van der Waals surface area contributed by atoms with Gasteiger partial charge in [0.15, 0.2) is 0 Å². The molecular formula is C26H37N3O5. The van der Waals surface area contributed by atoms with Gasteiger partial charge in [0.25, 0.3) is 0 Å². The molecule has 2 bridgehead atoms. The lowest BCUT2D eigenvalue weighted by Gasteiger charge is -2.37. The third kappa shape index (κ3) is 3.45. The van der Waals surface area contributed by atoms with Crippen molar-refractivity contribution in [1.29, 1.82) is 0 Å². The minimum Gasteiger partial charge on any atom is -0.394 e. The van der Waals surface area contributed by atoms with Crippen molar-refractivity contribution in [2.24, 2.45) is 17.8 Å². The number of amides is 3. The van der Waals surface area contributed by atoms with Gasteiger partial charge in [0.2, 0.25) is 17.7 Å². The summed E-state index contributed by atoms with van der Waals surface area (Å²) in [5.41, 5.74) is -1.23. The summed E-state index contributed by atoms with van der Waals surface area (Å²) in [6, 6.07) is 7.49. The number of hydrogen-bond acceptors (Lipinski definition) is 5. The van der Waals surface area contributed by atoms with Crippen LogP contribution in [0.4, 0.5) is 0 Å². The molecule has 8 heteroatoms. The molecule has 3 aliphatic heterocycles. The van der Waals surface area contributed by atoms with Gasteiger partial charge < -0.3 is 25.4 Å². The van der Waals surface area contributed by atoms with Crippen LogP contribution in [0.25, 0.3) is 0 Å². The fourth-order valence-corrected chi connectivity index (χ4v) is 6.72. The summed E-state index contributed by atoms with van der Waals surface area (Å²) in [6.07, 6.45) is 2.22. The number of likely N-dealkylation sites (tertiary alicyclic amines) is 1. The Hall–Kier alpha value is -2.45. The van der Waals surface area contributed by atoms with E-state index in [1.807, 2.05) is 51.1 Å². The number of nitrogens with one attached hydrogen (secondary N) is 2. The zero-order valence-electron chi connectivity index (χ0n) is 20.7. The number of nitrogens with zero attached hydrogens (tertiary/aromatic N) is 1. The number of rotatable bonds is 8. The zero-order chi connectivity index (χ0) is 24.8. The fraction of sp³-hybridized carbons (Fsp3) is 0.654. The highest BCUT2D eigenvalue weighted by Crippen LogP contribution is 2.65. The molecule has 3 saturated heterocycles. The van der Waals surface area contributed by atoms with Crippen molar-refractivity contribution >= 4 is 17.7 Å². The summed E-state index contributed by atoms with van der Waals surface area (Å²) in [5, 5.41) is 16.2. The summed E-state index contributed by atoms with van der Waals surface area (Å²) in [4.78, 5) is 42.6. The van der Waals surface area contributed by atoms with Crippen molar-refractivity contribution in [2.75, 3.05) is 13.7 Å². The van der Waals surface area contributed by atoms with Crippen molar-refractivity contribution in [3.05, 3.63) is 35.9 Å². The normalized spacial score (nSPS) is 35.7. The Bertz CT molecular complexity index is 955. The average Bonchev–Trinajstić information content (AvgIpc) is 3.32. The van der Waals surface area contributed by atoms with Crippen LogP contribution in [0, 0.1) is 17.8 Å². The second-order valence-electron chi connectivity index (χ2n) is 10.4. The molecule has 4 unspecified atom stereocenters. The summed E-state index contributed by atoms with van der Waals surface area (Å²) < 4.78 is 6.66.